The van der Waals surface area contributed by atoms with E-state index in [0.717, 1.165) is 11.5 Å². The highest BCUT2D eigenvalue weighted by Crippen LogP contribution is 2.32. The SMILES string of the molecule is O=C(c1cc(-n2cccn2)ccc1F)N1CCC(F)(F)[C@@H](Oc2ccc3ccccc3n2)C1. The number of fused-ring (bicyclic) bond motifs is 1. The molecule has 4 aromatic rings. The van der Waals surface area contributed by atoms with Crippen LogP contribution < -0.4 is 4.74 Å². The van der Waals surface area contributed by atoms with Gasteiger partial charge in [-0.15, -0.1) is 0 Å². The van der Waals surface area contributed by atoms with E-state index in [1.54, 1.807) is 36.7 Å². The summed E-state index contributed by atoms with van der Waals surface area (Å²) in [7, 11) is 0. The number of amides is 1. The monoisotopic (exact) mass is 452 g/mol. The first-order chi connectivity index (χ1) is 15.9. The van der Waals surface area contributed by atoms with Crippen molar-refractivity contribution >= 4 is 16.8 Å². The second-order valence-electron chi connectivity index (χ2n) is 7.83. The molecule has 3 heterocycles. The number of likely N-dealkylation sites (tertiary alicyclic amines) is 1. The predicted molar refractivity (Wildman–Crippen MR) is 115 cm³/mol. The normalized spacial score (nSPS) is 17.8. The number of ether oxygens (including phenoxy) is 1. The fourth-order valence-corrected chi connectivity index (χ4v) is 3.85. The summed E-state index contributed by atoms with van der Waals surface area (Å²) >= 11 is 0. The smallest absolute Gasteiger partial charge is 0.287 e. The van der Waals surface area contributed by atoms with E-state index >= 15 is 0 Å². The molecule has 9 heteroatoms. The summed E-state index contributed by atoms with van der Waals surface area (Å²) in [4.78, 5) is 18.5. The molecule has 0 spiro atoms. The largest absolute Gasteiger partial charge is 0.466 e. The Labute approximate surface area is 187 Å². The van der Waals surface area contributed by atoms with Crippen molar-refractivity contribution in [3.8, 4) is 11.6 Å². The Morgan fingerprint density at radius 1 is 1.09 bits per heavy atom. The molecule has 0 radical (unpaired) electrons. The van der Waals surface area contributed by atoms with Gasteiger partial charge in [0.15, 0.2) is 6.10 Å². The number of rotatable bonds is 4. The third kappa shape index (κ3) is 4.13. The molecule has 2 aromatic carbocycles. The molecule has 0 aliphatic carbocycles. The Kier molecular flexibility index (Phi) is 5.24. The van der Waals surface area contributed by atoms with Crippen molar-refractivity contribution in [2.75, 3.05) is 13.1 Å². The van der Waals surface area contributed by atoms with Gasteiger partial charge in [0.25, 0.3) is 11.8 Å². The molecule has 1 aliphatic heterocycles. The average Bonchev–Trinajstić information content (AvgIpc) is 3.35. The number of aromatic nitrogens is 3. The van der Waals surface area contributed by atoms with E-state index in [1.165, 1.54) is 27.8 Å². The van der Waals surface area contributed by atoms with Crippen LogP contribution in [0.5, 0.6) is 5.88 Å². The van der Waals surface area contributed by atoms with E-state index in [1.807, 2.05) is 12.1 Å². The highest BCUT2D eigenvalue weighted by atomic mass is 19.3. The summed E-state index contributed by atoms with van der Waals surface area (Å²) in [5.41, 5.74) is 0.885. The molecule has 1 atom stereocenters. The quantitative estimate of drug-likeness (QED) is 0.458. The molecule has 1 saturated heterocycles. The summed E-state index contributed by atoms with van der Waals surface area (Å²) in [5.74, 6) is -4.54. The highest BCUT2D eigenvalue weighted by Gasteiger charge is 2.47. The Morgan fingerprint density at radius 2 is 1.94 bits per heavy atom. The minimum atomic E-state index is -3.17. The molecule has 1 amide bonds. The van der Waals surface area contributed by atoms with Crippen LogP contribution in [-0.2, 0) is 0 Å². The van der Waals surface area contributed by atoms with Crippen LogP contribution in [0.15, 0.2) is 73.1 Å². The first kappa shape index (κ1) is 21.0. The zero-order chi connectivity index (χ0) is 23.0. The first-order valence-corrected chi connectivity index (χ1v) is 10.4. The molecule has 5 rings (SSSR count). The van der Waals surface area contributed by atoms with Crippen molar-refractivity contribution in [2.45, 2.75) is 18.4 Å². The number of alkyl halides is 2. The summed E-state index contributed by atoms with van der Waals surface area (Å²) in [6.07, 6.45) is 1.00. The number of piperidine rings is 1. The third-order valence-electron chi connectivity index (χ3n) is 5.64. The van der Waals surface area contributed by atoms with Crippen molar-refractivity contribution < 1.29 is 22.7 Å². The van der Waals surface area contributed by atoms with Gasteiger partial charge in [-0.2, -0.15) is 5.10 Å². The topological polar surface area (TPSA) is 60.2 Å². The van der Waals surface area contributed by atoms with Crippen LogP contribution >= 0.6 is 0 Å². The highest BCUT2D eigenvalue weighted by molar-refractivity contribution is 5.95. The molecule has 1 fully saturated rings. The summed E-state index contributed by atoms with van der Waals surface area (Å²) in [5, 5.41) is 4.92. The van der Waals surface area contributed by atoms with Gasteiger partial charge in [0.05, 0.1) is 23.3 Å². The van der Waals surface area contributed by atoms with Crippen LogP contribution in [0.2, 0.25) is 0 Å². The number of hydrogen-bond donors (Lipinski definition) is 0. The lowest BCUT2D eigenvalue weighted by Crippen LogP contribution is -2.55. The molecule has 6 nitrogen and oxygen atoms in total. The van der Waals surface area contributed by atoms with Crippen molar-refractivity contribution in [3.05, 3.63) is 84.4 Å². The molecule has 0 bridgehead atoms. The van der Waals surface area contributed by atoms with Crippen molar-refractivity contribution in [3.63, 3.8) is 0 Å². The van der Waals surface area contributed by atoms with Crippen LogP contribution in [0.3, 0.4) is 0 Å². The van der Waals surface area contributed by atoms with E-state index in [2.05, 4.69) is 10.1 Å². The number of carbonyl (C=O) groups is 1. The van der Waals surface area contributed by atoms with E-state index in [4.69, 9.17) is 4.74 Å². The Balaban J connectivity index is 1.38. The molecule has 0 saturated carbocycles. The average molecular weight is 452 g/mol. The van der Waals surface area contributed by atoms with E-state index in [0.29, 0.717) is 11.2 Å². The molecular formula is C24H19F3N4O2. The van der Waals surface area contributed by atoms with Crippen LogP contribution in [-0.4, -0.2) is 50.7 Å². The number of benzene rings is 2. The Bertz CT molecular complexity index is 1310. The maximum atomic E-state index is 14.7. The van der Waals surface area contributed by atoms with Gasteiger partial charge in [0, 0.05) is 36.8 Å². The maximum absolute atomic E-state index is 14.7. The molecule has 33 heavy (non-hydrogen) atoms. The van der Waals surface area contributed by atoms with Crippen LogP contribution in [0.4, 0.5) is 13.2 Å². The zero-order valence-corrected chi connectivity index (χ0v) is 17.4. The van der Waals surface area contributed by atoms with E-state index in [9.17, 15) is 18.0 Å². The van der Waals surface area contributed by atoms with Crippen molar-refractivity contribution in [2.24, 2.45) is 0 Å². The van der Waals surface area contributed by atoms with Gasteiger partial charge in [-0.1, -0.05) is 18.2 Å². The van der Waals surface area contributed by atoms with Crippen molar-refractivity contribution in [1.82, 2.24) is 19.7 Å². The maximum Gasteiger partial charge on any atom is 0.287 e. The molecule has 0 N–H and O–H groups in total. The minimum Gasteiger partial charge on any atom is -0.466 e. The Morgan fingerprint density at radius 3 is 2.76 bits per heavy atom. The lowest BCUT2D eigenvalue weighted by atomic mass is 10.0. The van der Waals surface area contributed by atoms with Gasteiger partial charge in [0.2, 0.25) is 5.88 Å². The zero-order valence-electron chi connectivity index (χ0n) is 17.4. The van der Waals surface area contributed by atoms with Crippen molar-refractivity contribution in [1.29, 1.82) is 0 Å². The standard InChI is InChI=1S/C24H19F3N4O2/c25-19-8-7-17(31-12-3-11-28-31)14-18(19)23(32)30-13-10-24(26,27)21(15-30)33-22-9-6-16-4-1-2-5-20(16)29-22/h1-9,11-12,14,21H,10,13,15H2/t21-/m0/s1. The van der Waals surface area contributed by atoms with Crippen LogP contribution in [0, 0.1) is 5.82 Å². The van der Waals surface area contributed by atoms with Gasteiger partial charge in [0.1, 0.15) is 5.82 Å². The summed E-state index contributed by atoms with van der Waals surface area (Å²) < 4.78 is 50.8. The summed E-state index contributed by atoms with van der Waals surface area (Å²) in [6, 6.07) is 16.2. The van der Waals surface area contributed by atoms with E-state index in [-0.39, 0.29) is 18.0 Å². The number of halogens is 3. The fourth-order valence-electron chi connectivity index (χ4n) is 3.85. The van der Waals surface area contributed by atoms with Crippen LogP contribution in [0.1, 0.15) is 16.8 Å². The number of carbonyl (C=O) groups excluding carboxylic acids is 1. The molecular weight excluding hydrogens is 433 g/mol. The predicted octanol–water partition coefficient (Wildman–Crippen LogP) is 4.49. The second-order valence-corrected chi connectivity index (χ2v) is 7.83. The first-order valence-electron chi connectivity index (χ1n) is 10.4. The van der Waals surface area contributed by atoms with E-state index < -0.39 is 36.7 Å². The Hall–Kier alpha value is -3.88. The summed E-state index contributed by atoms with van der Waals surface area (Å²) in [6.45, 7) is -0.617. The van der Waals surface area contributed by atoms with Gasteiger partial charge < -0.3 is 9.64 Å². The van der Waals surface area contributed by atoms with Crippen LogP contribution in [0.25, 0.3) is 16.6 Å². The second kappa shape index (κ2) is 8.23. The number of hydrogen-bond acceptors (Lipinski definition) is 4. The number of nitrogens with zero attached hydrogens (tertiary/aromatic N) is 4. The fraction of sp³-hybridized carbons (Fsp3) is 0.208. The molecule has 0 unspecified atom stereocenters. The van der Waals surface area contributed by atoms with Gasteiger partial charge in [-0.25, -0.2) is 22.8 Å². The number of pyridine rings is 1. The van der Waals surface area contributed by atoms with Gasteiger partial charge in [-0.3, -0.25) is 4.79 Å². The minimum absolute atomic E-state index is 0.0412. The molecule has 2 aromatic heterocycles. The van der Waals surface area contributed by atoms with Gasteiger partial charge in [-0.05, 0) is 36.4 Å². The molecule has 168 valence electrons. The lowest BCUT2D eigenvalue weighted by molar-refractivity contribution is -0.131. The number of para-hydroxylation sites is 1. The third-order valence-corrected chi connectivity index (χ3v) is 5.64. The lowest BCUT2D eigenvalue weighted by Gasteiger charge is -2.38. The van der Waals surface area contributed by atoms with Gasteiger partial charge >= 0.3 is 0 Å². The molecule has 1 aliphatic rings.